The second kappa shape index (κ2) is 6.42. The van der Waals surface area contributed by atoms with Gasteiger partial charge in [0.25, 0.3) is 0 Å². The van der Waals surface area contributed by atoms with E-state index in [-0.39, 0.29) is 18.5 Å². The first-order valence-corrected chi connectivity index (χ1v) is 3.59. The molecule has 0 atom stereocenters. The van der Waals surface area contributed by atoms with E-state index in [1.807, 2.05) is 0 Å². The zero-order valence-electron chi connectivity index (χ0n) is 6.34. The van der Waals surface area contributed by atoms with Crippen LogP contribution in [-0.2, 0) is 9.59 Å². The predicted octanol–water partition coefficient (Wildman–Crippen LogP) is 0.115. The fraction of sp³-hybridized carbons (Fsp3) is 0.143. The molecule has 0 radical (unpaired) electrons. The van der Waals surface area contributed by atoms with E-state index in [1.165, 1.54) is 0 Å². The average molecular weight is 189 g/mol. The van der Waals surface area contributed by atoms with Gasteiger partial charge in [0.1, 0.15) is 0 Å². The molecule has 0 spiro atoms. The molecule has 0 bridgehead atoms. The highest BCUT2D eigenvalue weighted by Gasteiger charge is 1.94. The number of hydrogen-bond acceptors (Lipinski definition) is 2. The average Bonchev–Trinajstić information content (AvgIpc) is 2.04. The van der Waals surface area contributed by atoms with Crippen LogP contribution >= 0.6 is 11.6 Å². The summed E-state index contributed by atoms with van der Waals surface area (Å²) in [5.41, 5.74) is 1.09. The fourth-order valence-corrected chi connectivity index (χ4v) is 0.521. The SMILES string of the molecule is C=CC(=O)NCNC(=O)C=CCl. The summed E-state index contributed by atoms with van der Waals surface area (Å²) in [7, 11) is 0. The highest BCUT2D eigenvalue weighted by molar-refractivity contribution is 6.26. The van der Waals surface area contributed by atoms with E-state index >= 15 is 0 Å². The predicted molar refractivity (Wildman–Crippen MR) is 46.3 cm³/mol. The van der Waals surface area contributed by atoms with E-state index in [2.05, 4.69) is 17.2 Å². The van der Waals surface area contributed by atoms with E-state index in [4.69, 9.17) is 11.6 Å². The molecule has 0 fully saturated rings. The minimum absolute atomic E-state index is 0.0604. The van der Waals surface area contributed by atoms with Crippen LogP contribution in [0.15, 0.2) is 24.3 Å². The van der Waals surface area contributed by atoms with E-state index in [0.29, 0.717) is 0 Å². The van der Waals surface area contributed by atoms with Gasteiger partial charge in [-0.1, -0.05) is 18.2 Å². The summed E-state index contributed by atoms with van der Waals surface area (Å²) in [6, 6.07) is 0. The van der Waals surface area contributed by atoms with Crippen LogP contribution in [0, 0.1) is 0 Å². The van der Waals surface area contributed by atoms with E-state index in [1.54, 1.807) is 0 Å². The monoisotopic (exact) mass is 188 g/mol. The van der Waals surface area contributed by atoms with Crippen molar-refractivity contribution in [3.63, 3.8) is 0 Å². The Hall–Kier alpha value is -1.29. The van der Waals surface area contributed by atoms with Crippen LogP contribution in [0.3, 0.4) is 0 Å². The molecular weight excluding hydrogens is 180 g/mol. The lowest BCUT2D eigenvalue weighted by Gasteiger charge is -2.01. The second-order valence-corrected chi connectivity index (χ2v) is 2.01. The lowest BCUT2D eigenvalue weighted by Crippen LogP contribution is -2.35. The summed E-state index contributed by atoms with van der Waals surface area (Å²) in [5, 5.41) is 4.71. The molecule has 0 rings (SSSR count). The van der Waals surface area contributed by atoms with Crippen LogP contribution in [0.1, 0.15) is 0 Å². The Labute approximate surface area is 75.3 Å². The molecule has 0 aliphatic rings. The molecule has 0 aromatic carbocycles. The van der Waals surface area contributed by atoms with Crippen molar-refractivity contribution < 1.29 is 9.59 Å². The fourth-order valence-electron chi connectivity index (χ4n) is 0.407. The Balaban J connectivity index is 3.49. The zero-order chi connectivity index (χ0) is 9.40. The van der Waals surface area contributed by atoms with Gasteiger partial charge in [-0.2, -0.15) is 0 Å². The van der Waals surface area contributed by atoms with Crippen LogP contribution in [0.5, 0.6) is 0 Å². The van der Waals surface area contributed by atoms with Crippen molar-refractivity contribution in [1.29, 1.82) is 0 Å². The highest BCUT2D eigenvalue weighted by Crippen LogP contribution is 1.76. The highest BCUT2D eigenvalue weighted by atomic mass is 35.5. The van der Waals surface area contributed by atoms with Gasteiger partial charge in [0.2, 0.25) is 11.8 Å². The van der Waals surface area contributed by atoms with Gasteiger partial charge in [-0.3, -0.25) is 9.59 Å². The van der Waals surface area contributed by atoms with Crippen LogP contribution in [0.4, 0.5) is 0 Å². The normalized spacial score (nSPS) is 9.42. The lowest BCUT2D eigenvalue weighted by atomic mass is 10.5. The molecule has 0 saturated heterocycles. The van der Waals surface area contributed by atoms with E-state index in [9.17, 15) is 9.59 Å². The Morgan fingerprint density at radius 2 is 1.92 bits per heavy atom. The first kappa shape index (κ1) is 10.7. The molecule has 0 unspecified atom stereocenters. The molecule has 5 heteroatoms. The first-order valence-electron chi connectivity index (χ1n) is 3.15. The molecular formula is C7H9ClN2O2. The summed E-state index contributed by atoms with van der Waals surface area (Å²) >= 11 is 5.12. The van der Waals surface area contributed by atoms with Gasteiger partial charge in [-0.15, -0.1) is 0 Å². The van der Waals surface area contributed by atoms with E-state index < -0.39 is 0 Å². The van der Waals surface area contributed by atoms with Gasteiger partial charge in [0.15, 0.2) is 0 Å². The Kier molecular flexibility index (Phi) is 5.73. The van der Waals surface area contributed by atoms with Gasteiger partial charge >= 0.3 is 0 Å². The topological polar surface area (TPSA) is 58.2 Å². The molecule has 66 valence electrons. The molecule has 2 N–H and O–H groups in total. The number of carbonyl (C=O) groups is 2. The lowest BCUT2D eigenvalue weighted by molar-refractivity contribution is -0.118. The molecule has 0 aromatic rings. The largest absolute Gasteiger partial charge is 0.335 e. The third-order valence-electron chi connectivity index (χ3n) is 0.925. The van der Waals surface area contributed by atoms with Gasteiger partial charge in [-0.05, 0) is 6.08 Å². The van der Waals surface area contributed by atoms with Crippen LogP contribution in [0.25, 0.3) is 0 Å². The number of halogens is 1. The maximum atomic E-state index is 10.7. The third kappa shape index (κ3) is 5.49. The maximum absolute atomic E-state index is 10.7. The van der Waals surface area contributed by atoms with Crippen molar-refractivity contribution in [2.45, 2.75) is 0 Å². The number of rotatable bonds is 4. The van der Waals surface area contributed by atoms with Crippen LogP contribution < -0.4 is 10.6 Å². The molecule has 0 aliphatic carbocycles. The summed E-state index contributed by atoms with van der Waals surface area (Å²) in [6.07, 6.45) is 2.26. The van der Waals surface area contributed by atoms with Gasteiger partial charge in [0.05, 0.1) is 6.67 Å². The van der Waals surface area contributed by atoms with Crippen molar-refractivity contribution in [3.05, 3.63) is 24.3 Å². The van der Waals surface area contributed by atoms with Crippen LogP contribution in [0.2, 0.25) is 0 Å². The van der Waals surface area contributed by atoms with Crippen molar-refractivity contribution in [2.24, 2.45) is 0 Å². The summed E-state index contributed by atoms with van der Waals surface area (Å²) in [5.74, 6) is -0.709. The molecule has 12 heavy (non-hydrogen) atoms. The minimum Gasteiger partial charge on any atom is -0.335 e. The summed E-state index contributed by atoms with van der Waals surface area (Å²) < 4.78 is 0. The number of hydrogen-bond donors (Lipinski definition) is 2. The van der Waals surface area contributed by atoms with Crippen molar-refractivity contribution >= 4 is 23.4 Å². The van der Waals surface area contributed by atoms with Gasteiger partial charge in [0, 0.05) is 11.6 Å². The quantitative estimate of drug-likeness (QED) is 0.486. The van der Waals surface area contributed by atoms with Crippen LogP contribution in [-0.4, -0.2) is 18.5 Å². The number of carbonyl (C=O) groups excluding carboxylic acids is 2. The molecule has 0 heterocycles. The zero-order valence-corrected chi connectivity index (χ0v) is 7.10. The number of nitrogens with one attached hydrogen (secondary N) is 2. The first-order chi connectivity index (χ1) is 5.70. The van der Waals surface area contributed by atoms with E-state index in [0.717, 1.165) is 17.7 Å². The molecule has 0 saturated carbocycles. The van der Waals surface area contributed by atoms with Gasteiger partial charge < -0.3 is 10.6 Å². The third-order valence-corrected chi connectivity index (χ3v) is 1.05. The Bertz CT molecular complexity index is 213. The maximum Gasteiger partial charge on any atom is 0.246 e. The van der Waals surface area contributed by atoms with Crippen molar-refractivity contribution in [3.8, 4) is 0 Å². The molecule has 0 aromatic heterocycles. The summed E-state index contributed by atoms with van der Waals surface area (Å²) in [6.45, 7) is 3.30. The molecule has 0 aliphatic heterocycles. The minimum atomic E-state index is -0.366. The van der Waals surface area contributed by atoms with Crippen molar-refractivity contribution in [1.82, 2.24) is 10.6 Å². The molecule has 4 nitrogen and oxygen atoms in total. The Morgan fingerprint density at radius 3 is 2.42 bits per heavy atom. The Morgan fingerprint density at radius 1 is 1.33 bits per heavy atom. The molecule has 2 amide bonds. The second-order valence-electron chi connectivity index (χ2n) is 1.76. The number of amides is 2. The standard InChI is InChI=1S/C7H9ClN2O2/c1-2-6(11)9-5-10-7(12)3-4-8/h2-4H,1,5H2,(H,9,11)(H,10,12). The summed E-state index contributed by atoms with van der Waals surface area (Å²) in [4.78, 5) is 21.2. The smallest absolute Gasteiger partial charge is 0.246 e. The van der Waals surface area contributed by atoms with Crippen molar-refractivity contribution in [2.75, 3.05) is 6.67 Å². The van der Waals surface area contributed by atoms with Gasteiger partial charge in [-0.25, -0.2) is 0 Å².